The Morgan fingerprint density at radius 1 is 1.03 bits per heavy atom. The lowest BCUT2D eigenvalue weighted by atomic mass is 10.1. The Labute approximate surface area is 193 Å². The molecule has 1 N–H and O–H groups in total. The summed E-state index contributed by atoms with van der Waals surface area (Å²) in [5, 5.41) is 4.00. The molecule has 166 valence electrons. The molecule has 0 spiro atoms. The van der Waals surface area contributed by atoms with E-state index in [1.54, 1.807) is 42.2 Å². The molecule has 0 fully saturated rings. The van der Waals surface area contributed by atoms with Crippen LogP contribution in [0.1, 0.15) is 27.0 Å². The molecule has 8 heteroatoms. The van der Waals surface area contributed by atoms with Gasteiger partial charge in [-0.1, -0.05) is 36.4 Å². The largest absolute Gasteiger partial charge is 0.271 e. The first-order valence-electron chi connectivity index (χ1n) is 9.87. The van der Waals surface area contributed by atoms with Crippen LogP contribution in [0.15, 0.2) is 82.8 Å². The van der Waals surface area contributed by atoms with Gasteiger partial charge in [0.1, 0.15) is 0 Å². The van der Waals surface area contributed by atoms with Gasteiger partial charge in [0.15, 0.2) is 0 Å². The summed E-state index contributed by atoms with van der Waals surface area (Å²) in [6, 6.07) is 21.9. The number of aryl methyl sites for hydroxylation is 1. The highest BCUT2D eigenvalue weighted by molar-refractivity contribution is 7.98. The molecule has 0 aliphatic carbocycles. The number of rotatable bonds is 8. The lowest BCUT2D eigenvalue weighted by Crippen LogP contribution is -2.29. The van der Waals surface area contributed by atoms with E-state index in [-0.39, 0.29) is 12.5 Å². The van der Waals surface area contributed by atoms with Crippen molar-refractivity contribution in [2.45, 2.75) is 18.4 Å². The highest BCUT2D eigenvalue weighted by Crippen LogP contribution is 2.22. The number of carbonyl (C=O) groups is 1. The van der Waals surface area contributed by atoms with Crippen LogP contribution in [0.3, 0.4) is 0 Å². The number of amides is 1. The summed E-state index contributed by atoms with van der Waals surface area (Å²) in [4.78, 5) is 13.5. The lowest BCUT2D eigenvalue weighted by Gasteiger charge is -2.23. The van der Waals surface area contributed by atoms with Crippen LogP contribution < -0.4 is 9.73 Å². The van der Waals surface area contributed by atoms with Crippen molar-refractivity contribution in [1.82, 2.24) is 5.43 Å². The standard InChI is InChI=1S/C24H25N3O3S2/c1-18-6-4-5-7-21(18)17-27(32(3,29)30)22-12-10-20(11-13-22)24(28)26-25-16-19-8-14-23(31-2)15-9-19/h4-16H,17H2,1-3H3,(H,26,28)/b25-16-. The van der Waals surface area contributed by atoms with Crippen LogP contribution in [0.25, 0.3) is 0 Å². The summed E-state index contributed by atoms with van der Waals surface area (Å²) in [5.74, 6) is -0.377. The zero-order valence-corrected chi connectivity index (χ0v) is 19.8. The van der Waals surface area contributed by atoms with Gasteiger partial charge >= 0.3 is 0 Å². The number of carbonyl (C=O) groups excluding carboxylic acids is 1. The molecule has 0 aromatic heterocycles. The summed E-state index contributed by atoms with van der Waals surface area (Å²) >= 11 is 1.65. The van der Waals surface area contributed by atoms with Crippen LogP contribution in [-0.2, 0) is 16.6 Å². The Hall–Kier alpha value is -3.10. The number of thioether (sulfide) groups is 1. The van der Waals surface area contributed by atoms with Crippen LogP contribution in [-0.4, -0.2) is 33.1 Å². The average molecular weight is 468 g/mol. The van der Waals surface area contributed by atoms with Gasteiger partial charge in [-0.25, -0.2) is 13.8 Å². The third-order valence-corrected chi connectivity index (χ3v) is 6.77. The first-order valence-corrected chi connectivity index (χ1v) is 12.9. The maximum Gasteiger partial charge on any atom is 0.271 e. The number of hydrazone groups is 1. The van der Waals surface area contributed by atoms with Gasteiger partial charge in [0.05, 0.1) is 24.7 Å². The number of hydrogen-bond donors (Lipinski definition) is 1. The minimum atomic E-state index is -3.51. The fraction of sp³-hybridized carbons (Fsp3) is 0.167. The van der Waals surface area contributed by atoms with Gasteiger partial charge in [0.2, 0.25) is 10.0 Å². The van der Waals surface area contributed by atoms with E-state index >= 15 is 0 Å². The van der Waals surface area contributed by atoms with E-state index in [1.165, 1.54) is 10.6 Å². The normalized spacial score (nSPS) is 11.5. The smallest absolute Gasteiger partial charge is 0.267 e. The topological polar surface area (TPSA) is 78.8 Å². The van der Waals surface area contributed by atoms with Gasteiger partial charge in [-0.2, -0.15) is 5.10 Å². The minimum absolute atomic E-state index is 0.219. The zero-order chi connectivity index (χ0) is 23.1. The summed E-state index contributed by atoms with van der Waals surface area (Å²) in [6.07, 6.45) is 4.75. The highest BCUT2D eigenvalue weighted by atomic mass is 32.2. The van der Waals surface area contributed by atoms with Crippen molar-refractivity contribution in [3.63, 3.8) is 0 Å². The van der Waals surface area contributed by atoms with Crippen molar-refractivity contribution in [3.05, 3.63) is 95.1 Å². The maximum absolute atomic E-state index is 12.4. The van der Waals surface area contributed by atoms with E-state index in [4.69, 9.17) is 0 Å². The molecular weight excluding hydrogens is 442 g/mol. The van der Waals surface area contributed by atoms with E-state index in [1.807, 2.05) is 61.7 Å². The fourth-order valence-corrected chi connectivity index (χ4v) is 4.33. The van der Waals surface area contributed by atoms with Crippen LogP contribution in [0.4, 0.5) is 5.69 Å². The van der Waals surface area contributed by atoms with Crippen molar-refractivity contribution < 1.29 is 13.2 Å². The maximum atomic E-state index is 12.4. The van der Waals surface area contributed by atoms with Crippen molar-refractivity contribution in [2.75, 3.05) is 16.8 Å². The molecule has 1 amide bonds. The van der Waals surface area contributed by atoms with Gasteiger partial charge in [0, 0.05) is 10.5 Å². The van der Waals surface area contributed by atoms with Crippen LogP contribution >= 0.6 is 11.8 Å². The molecule has 0 heterocycles. The molecule has 0 atom stereocenters. The van der Waals surface area contributed by atoms with Gasteiger partial charge in [-0.15, -0.1) is 11.8 Å². The Balaban J connectivity index is 1.70. The third kappa shape index (κ3) is 6.21. The fourth-order valence-electron chi connectivity index (χ4n) is 3.04. The second-order valence-electron chi connectivity index (χ2n) is 7.22. The highest BCUT2D eigenvalue weighted by Gasteiger charge is 2.19. The molecule has 3 aromatic rings. The van der Waals surface area contributed by atoms with E-state index in [9.17, 15) is 13.2 Å². The Kier molecular flexibility index (Phi) is 7.71. The summed E-state index contributed by atoms with van der Waals surface area (Å²) in [5.41, 5.74) is 6.17. The molecule has 0 saturated carbocycles. The van der Waals surface area contributed by atoms with Crippen LogP contribution in [0, 0.1) is 6.92 Å². The van der Waals surface area contributed by atoms with E-state index in [0.717, 1.165) is 21.6 Å². The number of anilines is 1. The van der Waals surface area contributed by atoms with E-state index in [2.05, 4.69) is 10.5 Å². The predicted octanol–water partition coefficient (Wildman–Crippen LogP) is 4.45. The second-order valence-corrected chi connectivity index (χ2v) is 10.0. The zero-order valence-electron chi connectivity index (χ0n) is 18.1. The Morgan fingerprint density at radius 3 is 2.28 bits per heavy atom. The van der Waals surface area contributed by atoms with Crippen LogP contribution in [0.5, 0.6) is 0 Å². The molecule has 3 rings (SSSR count). The molecule has 6 nitrogen and oxygen atoms in total. The monoisotopic (exact) mass is 467 g/mol. The van der Waals surface area contributed by atoms with E-state index in [0.29, 0.717) is 11.3 Å². The van der Waals surface area contributed by atoms with Crippen molar-refractivity contribution in [2.24, 2.45) is 5.10 Å². The minimum Gasteiger partial charge on any atom is -0.267 e. The third-order valence-electron chi connectivity index (χ3n) is 4.89. The van der Waals surface area contributed by atoms with Gasteiger partial charge in [0.25, 0.3) is 5.91 Å². The molecule has 0 saturated heterocycles. The SMILES string of the molecule is CSc1ccc(/C=N\NC(=O)c2ccc(N(Cc3ccccc3C)S(C)(=O)=O)cc2)cc1. The molecule has 0 aliphatic heterocycles. The Bertz CT molecular complexity index is 1210. The molecule has 3 aromatic carbocycles. The number of nitrogens with one attached hydrogen (secondary N) is 1. The molecule has 0 aliphatic rings. The molecule has 32 heavy (non-hydrogen) atoms. The summed E-state index contributed by atoms with van der Waals surface area (Å²) in [6.45, 7) is 2.16. The van der Waals surface area contributed by atoms with Crippen molar-refractivity contribution in [3.8, 4) is 0 Å². The van der Waals surface area contributed by atoms with Gasteiger partial charge in [-0.05, 0) is 66.3 Å². The van der Waals surface area contributed by atoms with Crippen molar-refractivity contribution >= 4 is 39.6 Å². The molecular formula is C24H25N3O3S2. The molecule has 0 unspecified atom stereocenters. The summed E-state index contributed by atoms with van der Waals surface area (Å²) in [7, 11) is -3.51. The Morgan fingerprint density at radius 2 is 1.69 bits per heavy atom. The first kappa shape index (κ1) is 23.6. The van der Waals surface area contributed by atoms with Crippen molar-refractivity contribution in [1.29, 1.82) is 0 Å². The quantitative estimate of drug-likeness (QED) is 0.302. The van der Waals surface area contributed by atoms with Gasteiger partial charge < -0.3 is 0 Å². The molecule has 0 bridgehead atoms. The van der Waals surface area contributed by atoms with Gasteiger partial charge in [-0.3, -0.25) is 9.10 Å². The number of benzene rings is 3. The number of hydrogen-bond acceptors (Lipinski definition) is 5. The van der Waals surface area contributed by atoms with Crippen LogP contribution in [0.2, 0.25) is 0 Å². The first-order chi connectivity index (χ1) is 15.3. The lowest BCUT2D eigenvalue weighted by molar-refractivity contribution is 0.0955. The number of sulfonamides is 1. The predicted molar refractivity (Wildman–Crippen MR) is 132 cm³/mol. The van der Waals surface area contributed by atoms with E-state index < -0.39 is 10.0 Å². The molecule has 0 radical (unpaired) electrons. The second kappa shape index (κ2) is 10.5. The summed E-state index contributed by atoms with van der Waals surface area (Å²) < 4.78 is 26.1. The number of nitrogens with zero attached hydrogens (tertiary/aromatic N) is 2. The average Bonchev–Trinajstić information content (AvgIpc) is 2.78.